The van der Waals surface area contributed by atoms with Gasteiger partial charge in [-0.3, -0.25) is 9.59 Å². The molecule has 1 atom stereocenters. The first-order valence-electron chi connectivity index (χ1n) is 8.47. The van der Waals surface area contributed by atoms with Crippen molar-refractivity contribution >= 4 is 34.8 Å². The third-order valence-corrected chi connectivity index (χ3v) is 5.10. The predicted octanol–water partition coefficient (Wildman–Crippen LogP) is 2.98. The van der Waals surface area contributed by atoms with E-state index in [0.29, 0.717) is 30.8 Å². The monoisotopic (exact) mass is 373 g/mol. The largest absolute Gasteiger partial charge is 0.374 e. The summed E-state index contributed by atoms with van der Waals surface area (Å²) in [4.78, 5) is 26.1. The van der Waals surface area contributed by atoms with Crippen LogP contribution < -0.4 is 15.5 Å². The first-order chi connectivity index (χ1) is 12.5. The fraction of sp³-hybridized carbons (Fsp3) is 0.263. The highest BCUT2D eigenvalue weighted by atomic mass is 35.5. The molecule has 0 spiro atoms. The lowest BCUT2D eigenvalue weighted by atomic mass is 9.99. The summed E-state index contributed by atoms with van der Waals surface area (Å²) in [6.45, 7) is 1.12. The van der Waals surface area contributed by atoms with Gasteiger partial charge in [0.2, 0.25) is 5.91 Å². The van der Waals surface area contributed by atoms with Gasteiger partial charge in [0, 0.05) is 30.0 Å². The third kappa shape index (κ3) is 3.01. The van der Waals surface area contributed by atoms with Gasteiger partial charge in [-0.05, 0) is 54.8 Å². The van der Waals surface area contributed by atoms with Crippen LogP contribution in [-0.2, 0) is 11.2 Å². The fourth-order valence-corrected chi connectivity index (χ4v) is 3.56. The molecule has 2 aliphatic heterocycles. The van der Waals surface area contributed by atoms with Gasteiger partial charge in [-0.15, -0.1) is 0 Å². The molecule has 1 saturated heterocycles. The Morgan fingerprint density at radius 1 is 1.19 bits per heavy atom. The number of amides is 2. The van der Waals surface area contributed by atoms with Crippen molar-refractivity contribution in [3.63, 3.8) is 0 Å². The van der Waals surface area contributed by atoms with E-state index in [4.69, 9.17) is 11.6 Å². The molecule has 0 saturated carbocycles. The zero-order valence-corrected chi connectivity index (χ0v) is 14.6. The van der Waals surface area contributed by atoms with Crippen LogP contribution in [-0.4, -0.2) is 30.9 Å². The molecule has 2 amide bonds. The van der Waals surface area contributed by atoms with E-state index in [1.54, 1.807) is 17.0 Å². The molecule has 0 aromatic heterocycles. The summed E-state index contributed by atoms with van der Waals surface area (Å²) in [5.74, 6) is -0.714. The molecule has 5 nitrogen and oxygen atoms in total. The Balaban J connectivity index is 1.50. The van der Waals surface area contributed by atoms with E-state index in [0.717, 1.165) is 17.7 Å². The van der Waals surface area contributed by atoms with Crippen LogP contribution in [0.3, 0.4) is 0 Å². The Labute approximate surface area is 155 Å². The van der Waals surface area contributed by atoms with Crippen molar-refractivity contribution in [3.8, 4) is 0 Å². The number of rotatable bonds is 3. The minimum atomic E-state index is -0.540. The van der Waals surface area contributed by atoms with E-state index in [-0.39, 0.29) is 22.9 Å². The van der Waals surface area contributed by atoms with Crippen LogP contribution in [0, 0.1) is 5.82 Å². The number of anilines is 2. The molecule has 2 heterocycles. The van der Waals surface area contributed by atoms with Crippen LogP contribution in [0.2, 0.25) is 5.02 Å². The summed E-state index contributed by atoms with van der Waals surface area (Å²) >= 11 is 5.71. The summed E-state index contributed by atoms with van der Waals surface area (Å²) in [7, 11) is 0. The van der Waals surface area contributed by atoms with Gasteiger partial charge in [0.25, 0.3) is 5.91 Å². The lowest BCUT2D eigenvalue weighted by Gasteiger charge is -2.20. The number of fused-ring (bicyclic) bond motifs is 1. The molecule has 7 heteroatoms. The average molecular weight is 374 g/mol. The average Bonchev–Trinajstić information content (AvgIpc) is 2.98. The SMILES string of the molecule is O=C1NCCc2cc(NC3CCN(c4ccc(Cl)c(F)c4)C3=O)ccc21. The van der Waals surface area contributed by atoms with Crippen molar-refractivity contribution in [1.29, 1.82) is 0 Å². The zero-order chi connectivity index (χ0) is 18.3. The Morgan fingerprint density at radius 2 is 2.04 bits per heavy atom. The van der Waals surface area contributed by atoms with Gasteiger partial charge in [-0.25, -0.2) is 4.39 Å². The summed E-state index contributed by atoms with van der Waals surface area (Å²) in [6.07, 6.45) is 1.38. The molecule has 2 N–H and O–H groups in total. The molecular formula is C19H17ClFN3O2. The Bertz CT molecular complexity index is 902. The van der Waals surface area contributed by atoms with Gasteiger partial charge in [0.15, 0.2) is 0 Å². The van der Waals surface area contributed by atoms with Gasteiger partial charge >= 0.3 is 0 Å². The van der Waals surface area contributed by atoms with Crippen molar-refractivity contribution in [2.75, 3.05) is 23.3 Å². The quantitative estimate of drug-likeness (QED) is 0.869. The molecule has 2 aliphatic rings. The summed E-state index contributed by atoms with van der Waals surface area (Å²) in [6, 6.07) is 9.49. The maximum absolute atomic E-state index is 13.7. The van der Waals surface area contributed by atoms with Crippen LogP contribution in [0.4, 0.5) is 15.8 Å². The number of carbonyl (C=O) groups is 2. The standard InChI is InChI=1S/C19H17ClFN3O2/c20-15-4-2-13(10-16(15)21)24-8-6-17(19(24)26)23-12-1-3-14-11(9-12)5-7-22-18(14)25/h1-4,9-10,17,23H,5-8H2,(H,22,25). The second-order valence-corrected chi connectivity index (χ2v) is 6.86. The topological polar surface area (TPSA) is 61.4 Å². The predicted molar refractivity (Wildman–Crippen MR) is 98.3 cm³/mol. The van der Waals surface area contributed by atoms with Gasteiger partial charge in [0.1, 0.15) is 11.9 Å². The Hall–Kier alpha value is -2.60. The maximum Gasteiger partial charge on any atom is 0.251 e. The van der Waals surface area contributed by atoms with E-state index in [1.807, 2.05) is 12.1 Å². The molecule has 0 radical (unpaired) electrons. The molecule has 1 fully saturated rings. The van der Waals surface area contributed by atoms with Crippen LogP contribution >= 0.6 is 11.6 Å². The van der Waals surface area contributed by atoms with E-state index < -0.39 is 5.82 Å². The number of hydrogen-bond donors (Lipinski definition) is 2. The summed E-state index contributed by atoms with van der Waals surface area (Å²) in [5, 5.41) is 6.08. The number of nitrogens with zero attached hydrogens (tertiary/aromatic N) is 1. The van der Waals surface area contributed by atoms with Crippen LogP contribution in [0.15, 0.2) is 36.4 Å². The molecule has 0 bridgehead atoms. The Kier molecular flexibility index (Phi) is 4.28. The summed E-state index contributed by atoms with van der Waals surface area (Å²) in [5.41, 5.74) is 2.96. The lowest BCUT2D eigenvalue weighted by molar-refractivity contribution is -0.117. The van der Waals surface area contributed by atoms with Crippen molar-refractivity contribution in [3.05, 3.63) is 58.4 Å². The van der Waals surface area contributed by atoms with Crippen molar-refractivity contribution in [1.82, 2.24) is 5.32 Å². The number of benzene rings is 2. The van der Waals surface area contributed by atoms with E-state index in [1.165, 1.54) is 12.1 Å². The number of hydrogen-bond acceptors (Lipinski definition) is 3. The second-order valence-electron chi connectivity index (χ2n) is 6.45. The van der Waals surface area contributed by atoms with E-state index in [9.17, 15) is 14.0 Å². The summed E-state index contributed by atoms with van der Waals surface area (Å²) < 4.78 is 13.7. The normalized spacial score (nSPS) is 19.3. The molecule has 134 valence electrons. The minimum Gasteiger partial charge on any atom is -0.374 e. The fourth-order valence-electron chi connectivity index (χ4n) is 3.44. The highest BCUT2D eigenvalue weighted by molar-refractivity contribution is 6.30. The molecular weight excluding hydrogens is 357 g/mol. The molecule has 2 aromatic carbocycles. The molecule has 2 aromatic rings. The molecule has 0 aliphatic carbocycles. The lowest BCUT2D eigenvalue weighted by Crippen LogP contribution is -2.34. The van der Waals surface area contributed by atoms with Gasteiger partial charge < -0.3 is 15.5 Å². The minimum absolute atomic E-state index is 0.0353. The third-order valence-electron chi connectivity index (χ3n) is 4.79. The zero-order valence-electron chi connectivity index (χ0n) is 13.9. The van der Waals surface area contributed by atoms with Crippen molar-refractivity contribution in [2.45, 2.75) is 18.9 Å². The van der Waals surface area contributed by atoms with Crippen molar-refractivity contribution in [2.24, 2.45) is 0 Å². The first-order valence-corrected chi connectivity index (χ1v) is 8.85. The van der Waals surface area contributed by atoms with Crippen LogP contribution in [0.5, 0.6) is 0 Å². The number of carbonyl (C=O) groups excluding carboxylic acids is 2. The number of halogens is 2. The van der Waals surface area contributed by atoms with E-state index >= 15 is 0 Å². The first kappa shape index (κ1) is 16.8. The second kappa shape index (κ2) is 6.61. The van der Waals surface area contributed by atoms with Gasteiger partial charge in [0.05, 0.1) is 5.02 Å². The highest BCUT2D eigenvalue weighted by Crippen LogP contribution is 2.28. The van der Waals surface area contributed by atoms with Crippen LogP contribution in [0.1, 0.15) is 22.3 Å². The van der Waals surface area contributed by atoms with Gasteiger partial charge in [-0.2, -0.15) is 0 Å². The Morgan fingerprint density at radius 3 is 2.85 bits per heavy atom. The van der Waals surface area contributed by atoms with Crippen molar-refractivity contribution < 1.29 is 14.0 Å². The van der Waals surface area contributed by atoms with Gasteiger partial charge in [-0.1, -0.05) is 11.6 Å². The smallest absolute Gasteiger partial charge is 0.251 e. The molecule has 1 unspecified atom stereocenters. The van der Waals surface area contributed by atoms with Crippen LogP contribution in [0.25, 0.3) is 0 Å². The number of nitrogens with one attached hydrogen (secondary N) is 2. The van der Waals surface area contributed by atoms with E-state index in [2.05, 4.69) is 10.6 Å². The molecule has 26 heavy (non-hydrogen) atoms. The maximum atomic E-state index is 13.7. The highest BCUT2D eigenvalue weighted by Gasteiger charge is 2.33. The molecule has 4 rings (SSSR count).